The summed E-state index contributed by atoms with van der Waals surface area (Å²) in [6.45, 7) is 3.01. The molecule has 0 radical (unpaired) electrons. The van der Waals surface area contributed by atoms with Crippen LogP contribution in [0.3, 0.4) is 0 Å². The predicted octanol–water partition coefficient (Wildman–Crippen LogP) is 1.95. The van der Waals surface area contributed by atoms with Crippen molar-refractivity contribution in [2.75, 3.05) is 13.1 Å². The van der Waals surface area contributed by atoms with Gasteiger partial charge in [0.05, 0.1) is 0 Å². The highest BCUT2D eigenvalue weighted by atomic mass is 19.1. The Morgan fingerprint density at radius 2 is 2.19 bits per heavy atom. The Morgan fingerprint density at radius 1 is 1.50 bits per heavy atom. The third kappa shape index (κ3) is 2.21. The lowest BCUT2D eigenvalue weighted by Crippen LogP contribution is -2.36. The summed E-state index contributed by atoms with van der Waals surface area (Å²) in [5, 5.41) is 0. The summed E-state index contributed by atoms with van der Waals surface area (Å²) in [5.41, 5.74) is 0.686. The Morgan fingerprint density at radius 3 is 2.75 bits per heavy atom. The quantitative estimate of drug-likeness (QED) is 0.680. The topological polar surface area (TPSA) is 33.2 Å². The molecule has 3 nitrogen and oxygen atoms in total. The van der Waals surface area contributed by atoms with Crippen LogP contribution in [0, 0.1) is 5.95 Å². The third-order valence-corrected chi connectivity index (χ3v) is 3.17. The van der Waals surface area contributed by atoms with Crippen molar-refractivity contribution in [1.82, 2.24) is 9.88 Å². The maximum Gasteiger partial charge on any atom is 0.219 e. The zero-order valence-corrected chi connectivity index (χ0v) is 9.32. The van der Waals surface area contributed by atoms with Gasteiger partial charge in [-0.2, -0.15) is 4.39 Å². The van der Waals surface area contributed by atoms with E-state index in [0.29, 0.717) is 18.7 Å². The van der Waals surface area contributed by atoms with E-state index in [2.05, 4.69) is 4.98 Å². The van der Waals surface area contributed by atoms with Crippen LogP contribution in [0.4, 0.5) is 4.39 Å². The van der Waals surface area contributed by atoms with Crippen LogP contribution in [-0.2, 0) is 4.79 Å². The van der Waals surface area contributed by atoms with E-state index < -0.39 is 0 Å². The fourth-order valence-corrected chi connectivity index (χ4v) is 2.21. The second-order valence-corrected chi connectivity index (χ2v) is 4.16. The zero-order chi connectivity index (χ0) is 11.5. The molecule has 0 unspecified atom stereocenters. The van der Waals surface area contributed by atoms with Crippen LogP contribution in [-0.4, -0.2) is 28.9 Å². The molecule has 1 fully saturated rings. The van der Waals surface area contributed by atoms with E-state index >= 15 is 0 Å². The normalized spacial score (nSPS) is 17.5. The van der Waals surface area contributed by atoms with Crippen molar-refractivity contribution in [3.63, 3.8) is 0 Å². The van der Waals surface area contributed by atoms with Crippen LogP contribution in [0.15, 0.2) is 18.3 Å². The summed E-state index contributed by atoms with van der Waals surface area (Å²) >= 11 is 0. The predicted molar refractivity (Wildman–Crippen MR) is 58.4 cm³/mol. The Kier molecular flexibility index (Phi) is 3.17. The van der Waals surface area contributed by atoms with E-state index in [1.165, 1.54) is 6.20 Å². The van der Waals surface area contributed by atoms with Gasteiger partial charge in [0.1, 0.15) is 0 Å². The SMILES string of the molecule is CC(=O)N1CCC(c2cccnc2F)CC1. The molecule has 1 aromatic rings. The fraction of sp³-hybridized carbons (Fsp3) is 0.500. The van der Waals surface area contributed by atoms with E-state index in [4.69, 9.17) is 0 Å². The van der Waals surface area contributed by atoms with Gasteiger partial charge in [0.25, 0.3) is 0 Å². The summed E-state index contributed by atoms with van der Waals surface area (Å²) in [7, 11) is 0. The molecule has 1 saturated heterocycles. The number of carbonyl (C=O) groups excluding carboxylic acids is 1. The summed E-state index contributed by atoms with van der Waals surface area (Å²) in [6, 6.07) is 3.55. The van der Waals surface area contributed by atoms with Gasteiger partial charge in [-0.15, -0.1) is 0 Å². The Hall–Kier alpha value is -1.45. The highest BCUT2D eigenvalue weighted by Crippen LogP contribution is 2.28. The summed E-state index contributed by atoms with van der Waals surface area (Å²) in [4.78, 5) is 16.6. The van der Waals surface area contributed by atoms with Crippen LogP contribution in [0.5, 0.6) is 0 Å². The Balaban J connectivity index is 2.05. The Bertz CT molecular complexity index is 386. The Labute approximate surface area is 94.3 Å². The van der Waals surface area contributed by atoms with Crippen molar-refractivity contribution in [3.05, 3.63) is 29.8 Å². The molecule has 0 saturated carbocycles. The lowest BCUT2D eigenvalue weighted by Gasteiger charge is -2.31. The van der Waals surface area contributed by atoms with E-state index in [0.717, 1.165) is 12.8 Å². The van der Waals surface area contributed by atoms with Crippen LogP contribution >= 0.6 is 0 Å². The summed E-state index contributed by atoms with van der Waals surface area (Å²) in [5.74, 6) is -0.0711. The molecule has 0 aromatic carbocycles. The maximum absolute atomic E-state index is 13.4. The first kappa shape index (κ1) is 11.0. The van der Waals surface area contributed by atoms with E-state index in [-0.39, 0.29) is 17.8 Å². The molecule has 1 amide bonds. The summed E-state index contributed by atoms with van der Waals surface area (Å²) < 4.78 is 13.4. The molecule has 0 spiro atoms. The third-order valence-electron chi connectivity index (χ3n) is 3.17. The molecule has 1 aliphatic heterocycles. The van der Waals surface area contributed by atoms with Gasteiger partial charge in [-0.05, 0) is 24.8 Å². The van der Waals surface area contributed by atoms with Gasteiger partial charge in [0.2, 0.25) is 11.9 Å². The number of rotatable bonds is 1. The second-order valence-electron chi connectivity index (χ2n) is 4.16. The molecular formula is C12H15FN2O. The minimum absolute atomic E-state index is 0.102. The molecule has 0 aliphatic carbocycles. The smallest absolute Gasteiger partial charge is 0.219 e. The van der Waals surface area contributed by atoms with Gasteiger partial charge in [0, 0.05) is 31.8 Å². The minimum atomic E-state index is -0.372. The first-order chi connectivity index (χ1) is 7.68. The molecule has 1 aromatic heterocycles. The molecule has 16 heavy (non-hydrogen) atoms. The van der Waals surface area contributed by atoms with Gasteiger partial charge >= 0.3 is 0 Å². The van der Waals surface area contributed by atoms with Crippen molar-refractivity contribution in [2.24, 2.45) is 0 Å². The fourth-order valence-electron chi connectivity index (χ4n) is 2.21. The largest absolute Gasteiger partial charge is 0.343 e. The second kappa shape index (κ2) is 4.60. The van der Waals surface area contributed by atoms with Crippen molar-refractivity contribution < 1.29 is 9.18 Å². The number of amides is 1. The van der Waals surface area contributed by atoms with Crippen molar-refractivity contribution in [1.29, 1.82) is 0 Å². The molecule has 0 N–H and O–H groups in total. The molecule has 1 aliphatic rings. The number of nitrogens with zero attached hydrogens (tertiary/aromatic N) is 2. The lowest BCUT2D eigenvalue weighted by molar-refractivity contribution is -0.129. The van der Waals surface area contributed by atoms with Gasteiger partial charge in [-0.1, -0.05) is 6.07 Å². The molecule has 2 rings (SSSR count). The standard InChI is InChI=1S/C12H15FN2O/c1-9(16)15-7-4-10(5-8-15)11-3-2-6-14-12(11)13/h2-3,6,10H,4-5,7-8H2,1H3. The molecule has 0 bridgehead atoms. The zero-order valence-electron chi connectivity index (χ0n) is 9.32. The number of carbonyl (C=O) groups is 1. The highest BCUT2D eigenvalue weighted by molar-refractivity contribution is 5.73. The van der Waals surface area contributed by atoms with E-state index in [9.17, 15) is 9.18 Å². The number of halogens is 1. The van der Waals surface area contributed by atoms with Crippen molar-refractivity contribution in [3.8, 4) is 0 Å². The molecular weight excluding hydrogens is 207 g/mol. The first-order valence-corrected chi connectivity index (χ1v) is 5.54. The van der Waals surface area contributed by atoms with Gasteiger partial charge < -0.3 is 4.90 Å². The molecule has 0 atom stereocenters. The number of pyridine rings is 1. The van der Waals surface area contributed by atoms with Crippen LogP contribution in [0.25, 0.3) is 0 Å². The molecule has 86 valence electrons. The first-order valence-electron chi connectivity index (χ1n) is 5.54. The van der Waals surface area contributed by atoms with Gasteiger partial charge in [0.15, 0.2) is 0 Å². The van der Waals surface area contributed by atoms with Crippen LogP contribution in [0.1, 0.15) is 31.2 Å². The van der Waals surface area contributed by atoms with Crippen LogP contribution in [0.2, 0.25) is 0 Å². The number of aromatic nitrogens is 1. The number of hydrogen-bond donors (Lipinski definition) is 0. The van der Waals surface area contributed by atoms with Crippen molar-refractivity contribution in [2.45, 2.75) is 25.7 Å². The average molecular weight is 222 g/mol. The average Bonchev–Trinajstić information content (AvgIpc) is 2.30. The van der Waals surface area contributed by atoms with E-state index in [1.807, 2.05) is 4.90 Å². The number of hydrogen-bond acceptors (Lipinski definition) is 2. The number of piperidine rings is 1. The van der Waals surface area contributed by atoms with Gasteiger partial charge in [-0.25, -0.2) is 4.98 Å². The monoisotopic (exact) mass is 222 g/mol. The minimum Gasteiger partial charge on any atom is -0.343 e. The summed E-state index contributed by atoms with van der Waals surface area (Å²) in [6.07, 6.45) is 3.11. The maximum atomic E-state index is 13.4. The van der Waals surface area contributed by atoms with Gasteiger partial charge in [-0.3, -0.25) is 4.79 Å². The van der Waals surface area contributed by atoms with Crippen molar-refractivity contribution >= 4 is 5.91 Å². The lowest BCUT2D eigenvalue weighted by atomic mass is 9.90. The van der Waals surface area contributed by atoms with Crippen LogP contribution < -0.4 is 0 Å². The highest BCUT2D eigenvalue weighted by Gasteiger charge is 2.23. The van der Waals surface area contributed by atoms with E-state index in [1.54, 1.807) is 19.1 Å². The molecule has 2 heterocycles. The number of likely N-dealkylation sites (tertiary alicyclic amines) is 1. The molecule has 4 heteroatoms.